The van der Waals surface area contributed by atoms with Crippen LogP contribution >= 0.6 is 0 Å². The zero-order valence-corrected chi connectivity index (χ0v) is 29.9. The van der Waals surface area contributed by atoms with Gasteiger partial charge in [0.1, 0.15) is 11.0 Å². The van der Waals surface area contributed by atoms with Gasteiger partial charge in [0, 0.05) is 27.8 Å². The summed E-state index contributed by atoms with van der Waals surface area (Å²) >= 11 is 0. The maximum absolute atomic E-state index is 6.05. The van der Waals surface area contributed by atoms with Crippen molar-refractivity contribution in [3.8, 4) is 67.9 Å². The highest BCUT2D eigenvalue weighted by atomic mass is 16.4. The summed E-state index contributed by atoms with van der Waals surface area (Å²) in [5.74, 6) is 1.78. The standard InChI is InChI=1S/C50H30N4O2/c1-2-10-38-37(9-1)29-41(40-12-4-3-11-39(38)40)31-17-19-32(20-18-31)44-30-45(33-21-25-35(26-22-33)49-53-42-13-5-7-15-46(42)55-49)52-48(51-44)34-23-27-36(28-24-34)50-54-43-14-6-8-16-47(43)56-50/h1-30H. The average Bonchev–Trinajstić information content (AvgIpc) is 3.92. The van der Waals surface area contributed by atoms with Gasteiger partial charge >= 0.3 is 0 Å². The Kier molecular flexibility index (Phi) is 7.38. The fraction of sp³-hybridized carbons (Fsp3) is 0. The molecule has 0 atom stereocenters. The number of rotatable bonds is 6. The molecule has 11 aromatic rings. The lowest BCUT2D eigenvalue weighted by molar-refractivity contribution is 0.619. The average molecular weight is 719 g/mol. The van der Waals surface area contributed by atoms with E-state index in [1.807, 2.05) is 84.9 Å². The van der Waals surface area contributed by atoms with Gasteiger partial charge in [0.05, 0.1) is 11.4 Å². The molecule has 0 radical (unpaired) electrons. The van der Waals surface area contributed by atoms with Crippen molar-refractivity contribution in [1.82, 2.24) is 19.9 Å². The number of hydrogen-bond donors (Lipinski definition) is 0. The van der Waals surface area contributed by atoms with E-state index in [2.05, 4.69) is 102 Å². The van der Waals surface area contributed by atoms with Crippen molar-refractivity contribution in [2.24, 2.45) is 0 Å². The molecule has 0 aliphatic rings. The van der Waals surface area contributed by atoms with Gasteiger partial charge in [-0.1, -0.05) is 121 Å². The van der Waals surface area contributed by atoms with Crippen molar-refractivity contribution in [3.63, 3.8) is 0 Å². The molecule has 0 saturated carbocycles. The summed E-state index contributed by atoms with van der Waals surface area (Å²) in [7, 11) is 0. The Hall–Kier alpha value is -7.70. The summed E-state index contributed by atoms with van der Waals surface area (Å²) in [5.41, 5.74) is 11.8. The number of oxazole rings is 2. The summed E-state index contributed by atoms with van der Waals surface area (Å²) in [5, 5.41) is 4.96. The molecular weight excluding hydrogens is 689 g/mol. The van der Waals surface area contributed by atoms with Crippen LogP contribution in [-0.2, 0) is 0 Å². The molecule has 262 valence electrons. The largest absolute Gasteiger partial charge is 0.436 e. The maximum atomic E-state index is 6.05. The zero-order chi connectivity index (χ0) is 37.0. The Morgan fingerprint density at radius 3 is 1.34 bits per heavy atom. The summed E-state index contributed by atoms with van der Waals surface area (Å²) < 4.78 is 12.1. The first kappa shape index (κ1) is 31.8. The first-order valence-electron chi connectivity index (χ1n) is 18.5. The van der Waals surface area contributed by atoms with Gasteiger partial charge in [0.15, 0.2) is 17.0 Å². The molecule has 6 nitrogen and oxygen atoms in total. The highest BCUT2D eigenvalue weighted by Gasteiger charge is 2.15. The molecule has 0 aliphatic carbocycles. The molecule has 56 heavy (non-hydrogen) atoms. The van der Waals surface area contributed by atoms with E-state index in [1.165, 1.54) is 27.1 Å². The summed E-state index contributed by atoms with van der Waals surface area (Å²) in [4.78, 5) is 19.6. The fourth-order valence-electron chi connectivity index (χ4n) is 7.52. The molecule has 0 fully saturated rings. The molecular formula is C50H30N4O2. The predicted molar refractivity (Wildman–Crippen MR) is 225 cm³/mol. The molecule has 3 heterocycles. The monoisotopic (exact) mass is 718 g/mol. The second-order valence-electron chi connectivity index (χ2n) is 13.9. The van der Waals surface area contributed by atoms with Crippen LogP contribution in [0.2, 0.25) is 0 Å². The van der Waals surface area contributed by atoms with Crippen LogP contribution in [0.25, 0.3) is 112 Å². The quantitative estimate of drug-likeness (QED) is 0.159. The Morgan fingerprint density at radius 1 is 0.321 bits per heavy atom. The molecule has 0 aliphatic heterocycles. The second kappa shape index (κ2) is 13.0. The Labute approximate surface area is 321 Å². The Morgan fingerprint density at radius 2 is 0.768 bits per heavy atom. The first-order valence-corrected chi connectivity index (χ1v) is 18.5. The van der Waals surface area contributed by atoms with Crippen LogP contribution in [0, 0.1) is 0 Å². The van der Waals surface area contributed by atoms with E-state index >= 15 is 0 Å². The fourth-order valence-corrected chi connectivity index (χ4v) is 7.52. The first-order chi connectivity index (χ1) is 27.7. The smallest absolute Gasteiger partial charge is 0.227 e. The Balaban J connectivity index is 0.990. The lowest BCUT2D eigenvalue weighted by atomic mass is 9.93. The van der Waals surface area contributed by atoms with Gasteiger partial charge in [-0.15, -0.1) is 0 Å². The number of nitrogens with zero attached hydrogens (tertiary/aromatic N) is 4. The van der Waals surface area contributed by atoms with Crippen molar-refractivity contribution in [2.75, 3.05) is 0 Å². The normalized spacial score (nSPS) is 11.6. The number of aromatic nitrogens is 4. The van der Waals surface area contributed by atoms with Crippen LogP contribution in [-0.4, -0.2) is 19.9 Å². The van der Waals surface area contributed by atoms with E-state index in [0.29, 0.717) is 17.6 Å². The third kappa shape index (κ3) is 5.60. The lowest BCUT2D eigenvalue weighted by Crippen LogP contribution is -1.96. The third-order valence-corrected chi connectivity index (χ3v) is 10.4. The van der Waals surface area contributed by atoms with Crippen LogP contribution < -0.4 is 0 Å². The molecule has 0 saturated heterocycles. The molecule has 6 heteroatoms. The second-order valence-corrected chi connectivity index (χ2v) is 13.9. The number of fused-ring (bicyclic) bond motifs is 5. The third-order valence-electron chi connectivity index (χ3n) is 10.4. The number of benzene rings is 8. The van der Waals surface area contributed by atoms with Crippen molar-refractivity contribution >= 4 is 43.7 Å². The summed E-state index contributed by atoms with van der Waals surface area (Å²) in [6, 6.07) is 62.1. The molecule has 0 spiro atoms. The minimum absolute atomic E-state index is 0.575. The van der Waals surface area contributed by atoms with Gasteiger partial charge in [0.25, 0.3) is 0 Å². The van der Waals surface area contributed by atoms with Crippen molar-refractivity contribution in [1.29, 1.82) is 0 Å². The van der Waals surface area contributed by atoms with E-state index in [-0.39, 0.29) is 0 Å². The molecule has 0 bridgehead atoms. The molecule has 3 aromatic heterocycles. The van der Waals surface area contributed by atoms with Gasteiger partial charge < -0.3 is 8.83 Å². The maximum Gasteiger partial charge on any atom is 0.227 e. The van der Waals surface area contributed by atoms with Crippen LogP contribution in [0.4, 0.5) is 0 Å². The van der Waals surface area contributed by atoms with Gasteiger partial charge in [-0.2, -0.15) is 0 Å². The molecule has 0 N–H and O–H groups in total. The van der Waals surface area contributed by atoms with Crippen molar-refractivity contribution in [3.05, 3.63) is 182 Å². The highest BCUT2D eigenvalue weighted by molar-refractivity contribution is 6.13. The highest BCUT2D eigenvalue weighted by Crippen LogP contribution is 2.37. The van der Waals surface area contributed by atoms with Crippen molar-refractivity contribution < 1.29 is 8.83 Å². The predicted octanol–water partition coefficient (Wildman–Crippen LogP) is 13.1. The molecule has 11 rings (SSSR count). The van der Waals surface area contributed by atoms with E-state index < -0.39 is 0 Å². The minimum Gasteiger partial charge on any atom is -0.436 e. The van der Waals surface area contributed by atoms with E-state index in [0.717, 1.165) is 67.0 Å². The lowest BCUT2D eigenvalue weighted by Gasteiger charge is -2.12. The molecule has 8 aromatic carbocycles. The summed E-state index contributed by atoms with van der Waals surface area (Å²) in [6.07, 6.45) is 0. The molecule has 0 amide bonds. The SMILES string of the molecule is c1ccc2c(c1)cc(-c1ccc(-c3cc(-c4ccc(-c5nc6ccccc6o5)cc4)nc(-c4ccc(-c5nc6ccccc6o5)cc4)n3)cc1)c1ccccc12. The van der Waals surface area contributed by atoms with Gasteiger partial charge in [-0.3, -0.25) is 0 Å². The van der Waals surface area contributed by atoms with E-state index in [4.69, 9.17) is 23.8 Å². The minimum atomic E-state index is 0.575. The topological polar surface area (TPSA) is 77.8 Å². The van der Waals surface area contributed by atoms with Crippen LogP contribution in [0.15, 0.2) is 191 Å². The molecule has 0 unspecified atom stereocenters. The number of para-hydroxylation sites is 4. The van der Waals surface area contributed by atoms with Gasteiger partial charge in [-0.25, -0.2) is 19.9 Å². The van der Waals surface area contributed by atoms with E-state index in [9.17, 15) is 0 Å². The van der Waals surface area contributed by atoms with Crippen LogP contribution in [0.3, 0.4) is 0 Å². The van der Waals surface area contributed by atoms with E-state index in [1.54, 1.807) is 0 Å². The van der Waals surface area contributed by atoms with Gasteiger partial charge in [0.2, 0.25) is 11.8 Å². The zero-order valence-electron chi connectivity index (χ0n) is 29.9. The Bertz CT molecular complexity index is 3030. The van der Waals surface area contributed by atoms with Gasteiger partial charge in [-0.05, 0) is 93.3 Å². The van der Waals surface area contributed by atoms with Crippen LogP contribution in [0.1, 0.15) is 0 Å². The van der Waals surface area contributed by atoms with Crippen molar-refractivity contribution in [2.45, 2.75) is 0 Å². The van der Waals surface area contributed by atoms with Crippen LogP contribution in [0.5, 0.6) is 0 Å². The summed E-state index contributed by atoms with van der Waals surface area (Å²) in [6.45, 7) is 0. The number of hydrogen-bond acceptors (Lipinski definition) is 6.